The molecule has 0 atom stereocenters. The molecule has 94 valence electrons. The molecule has 0 radical (unpaired) electrons. The Morgan fingerprint density at radius 1 is 1.33 bits per heavy atom. The quantitative estimate of drug-likeness (QED) is 0.837. The Morgan fingerprint density at radius 2 is 2.11 bits per heavy atom. The molecule has 0 aliphatic rings. The predicted molar refractivity (Wildman–Crippen MR) is 79.5 cm³/mol. The summed E-state index contributed by atoms with van der Waals surface area (Å²) in [6.07, 6.45) is 2.59. The van der Waals surface area contributed by atoms with Crippen molar-refractivity contribution in [3.8, 4) is 0 Å². The van der Waals surface area contributed by atoms with Crippen molar-refractivity contribution >= 4 is 28.1 Å². The fraction of sp³-hybridized carbons (Fsp3) is 0.286. The summed E-state index contributed by atoms with van der Waals surface area (Å²) in [6.45, 7) is 1.73. The van der Waals surface area contributed by atoms with Gasteiger partial charge in [-0.2, -0.15) is 0 Å². The highest BCUT2D eigenvalue weighted by Gasteiger charge is 2.05. The molecule has 0 bridgehead atoms. The van der Waals surface area contributed by atoms with Crippen LogP contribution in [0.15, 0.2) is 36.5 Å². The number of hydrogen-bond acceptors (Lipinski definition) is 3. The first-order chi connectivity index (χ1) is 8.66. The van der Waals surface area contributed by atoms with Gasteiger partial charge in [-0.15, -0.1) is 0 Å². The summed E-state index contributed by atoms with van der Waals surface area (Å²) in [4.78, 5) is 7.23. The first kappa shape index (κ1) is 12.9. The van der Waals surface area contributed by atoms with E-state index in [-0.39, 0.29) is 0 Å². The maximum atomic E-state index is 5.52. The molecule has 0 aliphatic carbocycles. The highest BCUT2D eigenvalue weighted by Crippen LogP contribution is 2.17. The van der Waals surface area contributed by atoms with Crippen LogP contribution in [0.3, 0.4) is 0 Å². The third kappa shape index (κ3) is 3.24. The summed E-state index contributed by atoms with van der Waals surface area (Å²) in [7, 11) is 2.07. The normalized spacial score (nSPS) is 11.0. The molecule has 1 aromatic heterocycles. The van der Waals surface area contributed by atoms with Gasteiger partial charge in [0.15, 0.2) is 0 Å². The molecule has 2 aromatic rings. The van der Waals surface area contributed by atoms with Crippen molar-refractivity contribution in [2.75, 3.05) is 13.6 Å². The molecule has 1 aromatic carbocycles. The van der Waals surface area contributed by atoms with Gasteiger partial charge < -0.3 is 10.6 Å². The number of rotatable bonds is 5. The number of hydrogen-bond donors (Lipinski definition) is 1. The average molecular weight is 259 g/mol. The topological polar surface area (TPSA) is 42.1 Å². The number of fused-ring (bicyclic) bond motifs is 1. The molecule has 2 rings (SSSR count). The molecule has 0 saturated heterocycles. The van der Waals surface area contributed by atoms with Crippen LogP contribution in [0.5, 0.6) is 0 Å². The lowest BCUT2D eigenvalue weighted by Crippen LogP contribution is -2.23. The maximum Gasteiger partial charge on any atom is 0.0746 e. The van der Waals surface area contributed by atoms with Crippen LogP contribution in [-0.2, 0) is 6.54 Å². The van der Waals surface area contributed by atoms with E-state index in [1.54, 1.807) is 0 Å². The number of aromatic nitrogens is 1. The summed E-state index contributed by atoms with van der Waals surface area (Å²) in [5.41, 5.74) is 7.82. The standard InChI is InChI=1S/C14H17N3S/c1-17(9-7-13(15)18)10-12-5-2-4-11-6-3-8-16-14(11)12/h2-6,8H,7,9-10H2,1H3,(H2,15,18). The lowest BCUT2D eigenvalue weighted by molar-refractivity contribution is 0.338. The molecule has 4 heteroatoms. The third-order valence-corrected chi connectivity index (χ3v) is 3.10. The zero-order valence-corrected chi connectivity index (χ0v) is 11.3. The Hall–Kier alpha value is -1.52. The minimum Gasteiger partial charge on any atom is -0.393 e. The molecule has 0 fully saturated rings. The van der Waals surface area contributed by atoms with Crippen molar-refractivity contribution in [1.82, 2.24) is 9.88 Å². The maximum absolute atomic E-state index is 5.52. The molecule has 0 amide bonds. The predicted octanol–water partition coefficient (Wildman–Crippen LogP) is 2.34. The Morgan fingerprint density at radius 3 is 2.89 bits per heavy atom. The van der Waals surface area contributed by atoms with Crippen LogP contribution in [0.1, 0.15) is 12.0 Å². The number of para-hydroxylation sites is 1. The fourth-order valence-corrected chi connectivity index (χ4v) is 2.06. The van der Waals surface area contributed by atoms with Gasteiger partial charge in [-0.05, 0) is 18.7 Å². The lowest BCUT2D eigenvalue weighted by Gasteiger charge is -2.17. The number of nitrogens with two attached hydrogens (primary N) is 1. The van der Waals surface area contributed by atoms with Crippen molar-refractivity contribution in [2.45, 2.75) is 13.0 Å². The highest BCUT2D eigenvalue weighted by molar-refractivity contribution is 7.80. The van der Waals surface area contributed by atoms with Gasteiger partial charge in [-0.3, -0.25) is 4.98 Å². The molecular formula is C14H17N3S. The van der Waals surface area contributed by atoms with E-state index in [1.807, 2.05) is 12.3 Å². The summed E-state index contributed by atoms with van der Waals surface area (Å²) in [5.74, 6) is 0. The zero-order valence-electron chi connectivity index (χ0n) is 10.5. The molecule has 3 nitrogen and oxygen atoms in total. The van der Waals surface area contributed by atoms with Gasteiger partial charge in [0, 0.05) is 31.1 Å². The molecular weight excluding hydrogens is 242 g/mol. The third-order valence-electron chi connectivity index (χ3n) is 2.90. The van der Waals surface area contributed by atoms with Gasteiger partial charge in [-0.25, -0.2) is 0 Å². The van der Waals surface area contributed by atoms with Crippen LogP contribution < -0.4 is 5.73 Å². The Balaban J connectivity index is 2.14. The molecule has 2 N–H and O–H groups in total. The van der Waals surface area contributed by atoms with Gasteiger partial charge in [-0.1, -0.05) is 36.5 Å². The second-order valence-corrected chi connectivity index (χ2v) is 4.97. The molecule has 0 aliphatic heterocycles. The van der Waals surface area contributed by atoms with Crippen LogP contribution in [0.2, 0.25) is 0 Å². The Bertz CT molecular complexity index is 548. The zero-order chi connectivity index (χ0) is 13.0. The van der Waals surface area contributed by atoms with Crippen LogP contribution in [-0.4, -0.2) is 28.5 Å². The lowest BCUT2D eigenvalue weighted by atomic mass is 10.1. The molecule has 0 unspecified atom stereocenters. The van der Waals surface area contributed by atoms with E-state index in [2.05, 4.69) is 41.2 Å². The van der Waals surface area contributed by atoms with Crippen LogP contribution in [0.4, 0.5) is 0 Å². The fourth-order valence-electron chi connectivity index (χ4n) is 1.97. The van der Waals surface area contributed by atoms with Gasteiger partial charge in [0.2, 0.25) is 0 Å². The smallest absolute Gasteiger partial charge is 0.0746 e. The van der Waals surface area contributed by atoms with Crippen molar-refractivity contribution < 1.29 is 0 Å². The van der Waals surface area contributed by atoms with Crippen LogP contribution in [0, 0.1) is 0 Å². The number of pyridine rings is 1. The minimum atomic E-state index is 0.567. The first-order valence-electron chi connectivity index (χ1n) is 5.96. The van der Waals surface area contributed by atoms with Crippen molar-refractivity contribution in [2.24, 2.45) is 5.73 Å². The molecule has 0 saturated carbocycles. The van der Waals surface area contributed by atoms with Crippen LogP contribution >= 0.6 is 12.2 Å². The van der Waals surface area contributed by atoms with E-state index in [4.69, 9.17) is 18.0 Å². The summed E-state index contributed by atoms with van der Waals surface area (Å²) in [5, 5.41) is 1.18. The van der Waals surface area contributed by atoms with E-state index >= 15 is 0 Å². The summed E-state index contributed by atoms with van der Waals surface area (Å²) >= 11 is 4.89. The average Bonchev–Trinajstić information content (AvgIpc) is 2.37. The van der Waals surface area contributed by atoms with Crippen LogP contribution in [0.25, 0.3) is 10.9 Å². The monoisotopic (exact) mass is 259 g/mol. The number of thiocarbonyl (C=S) groups is 1. The first-order valence-corrected chi connectivity index (χ1v) is 6.37. The van der Waals surface area contributed by atoms with Gasteiger partial charge in [0.25, 0.3) is 0 Å². The van der Waals surface area contributed by atoms with Gasteiger partial charge in [0.1, 0.15) is 0 Å². The van der Waals surface area contributed by atoms with E-state index in [0.717, 1.165) is 25.0 Å². The van der Waals surface area contributed by atoms with E-state index in [1.165, 1.54) is 10.9 Å². The van der Waals surface area contributed by atoms with Crippen molar-refractivity contribution in [3.63, 3.8) is 0 Å². The Kier molecular flexibility index (Phi) is 4.23. The minimum absolute atomic E-state index is 0.567. The summed E-state index contributed by atoms with van der Waals surface area (Å²) in [6, 6.07) is 10.3. The molecule has 0 spiro atoms. The SMILES string of the molecule is CN(CCC(N)=S)Cc1cccc2cccnc12. The van der Waals surface area contributed by atoms with E-state index < -0.39 is 0 Å². The second kappa shape index (κ2) is 5.89. The largest absolute Gasteiger partial charge is 0.393 e. The molecule has 18 heavy (non-hydrogen) atoms. The van der Waals surface area contributed by atoms with Gasteiger partial charge in [0.05, 0.1) is 10.5 Å². The second-order valence-electron chi connectivity index (χ2n) is 4.45. The van der Waals surface area contributed by atoms with E-state index in [9.17, 15) is 0 Å². The van der Waals surface area contributed by atoms with Gasteiger partial charge >= 0.3 is 0 Å². The van der Waals surface area contributed by atoms with Crippen molar-refractivity contribution in [1.29, 1.82) is 0 Å². The Labute approximate surface area is 113 Å². The number of nitrogens with zero attached hydrogens (tertiary/aromatic N) is 2. The molecule has 1 heterocycles. The number of benzene rings is 1. The summed E-state index contributed by atoms with van der Waals surface area (Å²) < 4.78 is 0. The highest BCUT2D eigenvalue weighted by atomic mass is 32.1. The van der Waals surface area contributed by atoms with E-state index in [0.29, 0.717) is 4.99 Å². The van der Waals surface area contributed by atoms with Crippen molar-refractivity contribution in [3.05, 3.63) is 42.1 Å².